The number of sulfonamides is 1. The van der Waals surface area contributed by atoms with Crippen LogP contribution in [-0.2, 0) is 27.0 Å². The van der Waals surface area contributed by atoms with Gasteiger partial charge in [-0.1, -0.05) is 48.5 Å². The van der Waals surface area contributed by atoms with Crippen LogP contribution < -0.4 is 4.90 Å². The average Bonchev–Trinajstić information content (AvgIpc) is 2.76. The van der Waals surface area contributed by atoms with Crippen molar-refractivity contribution in [1.82, 2.24) is 9.21 Å². The second-order valence-corrected chi connectivity index (χ2v) is 10.1. The smallest absolute Gasteiger partial charge is 0.242 e. The van der Waals surface area contributed by atoms with Gasteiger partial charge in [0.1, 0.15) is 0 Å². The summed E-state index contributed by atoms with van der Waals surface area (Å²) in [6.45, 7) is 4.10. The molecule has 7 heteroatoms. The van der Waals surface area contributed by atoms with Gasteiger partial charge in [0.05, 0.1) is 12.3 Å². The Hall–Kier alpha value is -2.38. The number of carbonyl (C=O) groups is 1. The lowest BCUT2D eigenvalue weighted by Crippen LogP contribution is -2.53. The first-order chi connectivity index (χ1) is 14.4. The molecular weight excluding hydrogens is 398 g/mol. The fraction of sp³-hybridized carbons (Fsp3) is 0.435. The van der Waals surface area contributed by atoms with Crippen molar-refractivity contribution in [3.05, 3.63) is 65.7 Å². The number of aryl methyl sites for hydroxylation is 1. The summed E-state index contributed by atoms with van der Waals surface area (Å²) in [6.07, 6.45) is 2.08. The topological polar surface area (TPSA) is 60.9 Å². The lowest BCUT2D eigenvalue weighted by Gasteiger charge is -2.39. The van der Waals surface area contributed by atoms with E-state index in [1.54, 1.807) is 4.90 Å². The molecule has 2 aromatic rings. The number of anilines is 1. The van der Waals surface area contributed by atoms with Crippen molar-refractivity contribution >= 4 is 21.6 Å². The molecule has 4 rings (SSSR count). The van der Waals surface area contributed by atoms with Gasteiger partial charge in [0, 0.05) is 37.9 Å². The van der Waals surface area contributed by atoms with Crippen LogP contribution in [0.4, 0.5) is 5.69 Å². The van der Waals surface area contributed by atoms with Crippen LogP contribution in [0.3, 0.4) is 0 Å². The third-order valence-corrected chi connectivity index (χ3v) is 8.00. The molecule has 0 aliphatic carbocycles. The van der Waals surface area contributed by atoms with Crippen LogP contribution in [0.25, 0.3) is 0 Å². The highest BCUT2D eigenvalue weighted by atomic mass is 32.2. The fourth-order valence-corrected chi connectivity index (χ4v) is 5.85. The van der Waals surface area contributed by atoms with Crippen LogP contribution in [-0.4, -0.2) is 62.3 Å². The van der Waals surface area contributed by atoms with Gasteiger partial charge in [-0.25, -0.2) is 8.42 Å². The molecule has 2 aliphatic heterocycles. The van der Waals surface area contributed by atoms with Crippen molar-refractivity contribution in [3.63, 3.8) is 0 Å². The first kappa shape index (κ1) is 20.9. The maximum atomic E-state index is 13.0. The summed E-state index contributed by atoms with van der Waals surface area (Å²) in [7, 11) is -3.38. The van der Waals surface area contributed by atoms with Gasteiger partial charge in [-0.15, -0.1) is 0 Å². The van der Waals surface area contributed by atoms with E-state index in [-0.39, 0.29) is 11.7 Å². The van der Waals surface area contributed by atoms with Crippen molar-refractivity contribution in [2.75, 3.05) is 37.6 Å². The number of nitrogens with zero attached hydrogens (tertiary/aromatic N) is 3. The molecule has 0 spiro atoms. The molecule has 2 heterocycles. The molecule has 1 atom stereocenters. The van der Waals surface area contributed by atoms with Crippen LogP contribution in [0.2, 0.25) is 0 Å². The lowest BCUT2D eigenvalue weighted by atomic mass is 9.96. The quantitative estimate of drug-likeness (QED) is 0.736. The molecule has 1 unspecified atom stereocenters. The average molecular weight is 428 g/mol. The molecule has 6 nitrogen and oxygen atoms in total. The Labute approximate surface area is 179 Å². The van der Waals surface area contributed by atoms with E-state index in [0.717, 1.165) is 24.1 Å². The van der Waals surface area contributed by atoms with Gasteiger partial charge in [-0.3, -0.25) is 4.79 Å². The Bertz CT molecular complexity index is 986. The Balaban J connectivity index is 1.36. The number of carbonyl (C=O) groups excluding carboxylic acids is 1. The number of hydrogen-bond donors (Lipinski definition) is 0. The molecule has 2 aromatic carbocycles. The van der Waals surface area contributed by atoms with Crippen molar-refractivity contribution in [2.45, 2.75) is 31.6 Å². The Kier molecular flexibility index (Phi) is 6.11. The van der Waals surface area contributed by atoms with Gasteiger partial charge in [0.25, 0.3) is 0 Å². The molecule has 0 N–H and O–H groups in total. The SMILES string of the molecule is CC1CCc2ccccc2N1CC(=O)N1CCN(S(=O)(=O)Cc2ccccc2)CC1. The molecule has 0 bridgehead atoms. The second kappa shape index (κ2) is 8.78. The molecule has 1 fully saturated rings. The molecule has 1 amide bonds. The van der Waals surface area contributed by atoms with E-state index in [2.05, 4.69) is 24.0 Å². The van der Waals surface area contributed by atoms with E-state index >= 15 is 0 Å². The van der Waals surface area contributed by atoms with Crippen LogP contribution in [0.15, 0.2) is 54.6 Å². The number of fused-ring (bicyclic) bond motifs is 1. The minimum atomic E-state index is -3.38. The van der Waals surface area contributed by atoms with Crippen molar-refractivity contribution in [1.29, 1.82) is 0 Å². The molecule has 0 aromatic heterocycles. The highest BCUT2D eigenvalue weighted by Crippen LogP contribution is 2.30. The summed E-state index contributed by atoms with van der Waals surface area (Å²) in [4.78, 5) is 17.0. The van der Waals surface area contributed by atoms with Crippen LogP contribution in [0.1, 0.15) is 24.5 Å². The predicted octanol–water partition coefficient (Wildman–Crippen LogP) is 2.50. The van der Waals surface area contributed by atoms with E-state index in [1.165, 1.54) is 9.87 Å². The van der Waals surface area contributed by atoms with Crippen LogP contribution in [0, 0.1) is 0 Å². The van der Waals surface area contributed by atoms with Crippen molar-refractivity contribution in [3.8, 4) is 0 Å². The molecule has 2 aliphatic rings. The predicted molar refractivity (Wildman–Crippen MR) is 119 cm³/mol. The van der Waals surface area contributed by atoms with E-state index in [4.69, 9.17) is 0 Å². The summed E-state index contributed by atoms with van der Waals surface area (Å²) in [5.41, 5.74) is 3.22. The van der Waals surface area contributed by atoms with Gasteiger partial charge in [-0.2, -0.15) is 4.31 Å². The largest absolute Gasteiger partial charge is 0.359 e. The Morgan fingerprint density at radius 1 is 0.967 bits per heavy atom. The van der Waals surface area contributed by atoms with Gasteiger partial charge in [-0.05, 0) is 37.0 Å². The number of benzene rings is 2. The lowest BCUT2D eigenvalue weighted by molar-refractivity contribution is -0.131. The Morgan fingerprint density at radius 2 is 1.63 bits per heavy atom. The van der Waals surface area contributed by atoms with Crippen LogP contribution >= 0.6 is 0 Å². The molecule has 160 valence electrons. The van der Waals surface area contributed by atoms with Gasteiger partial charge in [0.15, 0.2) is 0 Å². The van der Waals surface area contributed by atoms with Gasteiger partial charge in [0.2, 0.25) is 15.9 Å². The number of hydrogen-bond acceptors (Lipinski definition) is 4. The third-order valence-electron chi connectivity index (χ3n) is 6.15. The number of amides is 1. The minimum absolute atomic E-state index is 0.00383. The Morgan fingerprint density at radius 3 is 2.37 bits per heavy atom. The number of para-hydroxylation sites is 1. The fourth-order valence-electron chi connectivity index (χ4n) is 4.34. The zero-order valence-corrected chi connectivity index (χ0v) is 18.2. The molecule has 30 heavy (non-hydrogen) atoms. The van der Waals surface area contributed by atoms with E-state index in [1.807, 2.05) is 42.5 Å². The van der Waals surface area contributed by atoms with E-state index in [9.17, 15) is 13.2 Å². The van der Waals surface area contributed by atoms with Crippen molar-refractivity contribution < 1.29 is 13.2 Å². The highest BCUT2D eigenvalue weighted by Gasteiger charge is 2.31. The normalized spacial score (nSPS) is 20.1. The van der Waals surface area contributed by atoms with Gasteiger partial charge < -0.3 is 9.80 Å². The summed E-state index contributed by atoms with van der Waals surface area (Å²) in [6, 6.07) is 17.8. The zero-order chi connectivity index (χ0) is 21.1. The molecular formula is C23H29N3O3S. The van der Waals surface area contributed by atoms with Crippen LogP contribution in [0.5, 0.6) is 0 Å². The first-order valence-corrected chi connectivity index (χ1v) is 12.2. The standard InChI is InChI=1S/C23H29N3O3S/c1-19-11-12-21-9-5-6-10-22(21)26(19)17-23(27)24-13-15-25(16-14-24)30(28,29)18-20-7-3-2-4-8-20/h2-10,19H,11-18H2,1H3. The minimum Gasteiger partial charge on any atom is -0.359 e. The summed E-state index contributed by atoms with van der Waals surface area (Å²) in [5, 5.41) is 0. The molecule has 0 radical (unpaired) electrons. The maximum absolute atomic E-state index is 13.0. The monoisotopic (exact) mass is 427 g/mol. The molecule has 1 saturated heterocycles. The number of rotatable bonds is 5. The highest BCUT2D eigenvalue weighted by molar-refractivity contribution is 7.88. The summed E-state index contributed by atoms with van der Waals surface area (Å²) in [5.74, 6) is 0.0720. The summed E-state index contributed by atoms with van der Waals surface area (Å²) < 4.78 is 27.0. The second-order valence-electron chi connectivity index (χ2n) is 8.17. The summed E-state index contributed by atoms with van der Waals surface area (Å²) >= 11 is 0. The third kappa shape index (κ3) is 4.52. The van der Waals surface area contributed by atoms with Crippen molar-refractivity contribution in [2.24, 2.45) is 0 Å². The van der Waals surface area contributed by atoms with E-state index in [0.29, 0.717) is 38.8 Å². The molecule has 0 saturated carbocycles. The van der Waals surface area contributed by atoms with Gasteiger partial charge >= 0.3 is 0 Å². The first-order valence-electron chi connectivity index (χ1n) is 10.6. The maximum Gasteiger partial charge on any atom is 0.242 e. The number of piperazine rings is 1. The zero-order valence-electron chi connectivity index (χ0n) is 17.4. The van der Waals surface area contributed by atoms with E-state index < -0.39 is 10.0 Å².